The lowest BCUT2D eigenvalue weighted by Crippen LogP contribution is -2.23. The van der Waals surface area contributed by atoms with Crippen molar-refractivity contribution in [2.45, 2.75) is 33.1 Å². The molecule has 0 saturated heterocycles. The summed E-state index contributed by atoms with van der Waals surface area (Å²) in [4.78, 5) is 36.9. The smallest absolute Gasteiger partial charge is 0.374 e. The van der Waals surface area contributed by atoms with Gasteiger partial charge < -0.3 is 20.2 Å². The first kappa shape index (κ1) is 18.2. The van der Waals surface area contributed by atoms with Crippen LogP contribution in [-0.2, 0) is 22.4 Å². The number of esters is 1. The molecule has 2 amide bonds. The number of thiophene rings is 1. The van der Waals surface area contributed by atoms with E-state index >= 15 is 0 Å². The predicted molar refractivity (Wildman–Crippen MR) is 96.4 cm³/mol. The van der Waals surface area contributed by atoms with Crippen LogP contribution in [0.5, 0.6) is 0 Å². The highest BCUT2D eigenvalue weighted by Crippen LogP contribution is 2.39. The normalized spacial score (nSPS) is 16.0. The third-order valence-corrected chi connectivity index (χ3v) is 5.46. The van der Waals surface area contributed by atoms with E-state index in [2.05, 4.69) is 12.2 Å². The van der Waals surface area contributed by atoms with Crippen molar-refractivity contribution in [2.24, 2.45) is 11.7 Å². The van der Waals surface area contributed by atoms with Crippen molar-refractivity contribution in [3.63, 3.8) is 0 Å². The van der Waals surface area contributed by atoms with Gasteiger partial charge >= 0.3 is 5.97 Å². The van der Waals surface area contributed by atoms with Crippen LogP contribution in [0.25, 0.3) is 0 Å². The monoisotopic (exact) mass is 376 g/mol. The maximum atomic E-state index is 12.1. The molecule has 0 fully saturated rings. The Hall–Kier alpha value is -2.61. The summed E-state index contributed by atoms with van der Waals surface area (Å²) in [6, 6.07) is 3.11. The molecule has 3 rings (SSSR count). The number of carbonyl (C=O) groups is 3. The molecule has 2 aromatic heterocycles. The molecule has 0 unspecified atom stereocenters. The number of fused-ring (bicyclic) bond motifs is 1. The molecule has 1 atom stereocenters. The van der Waals surface area contributed by atoms with Gasteiger partial charge in [-0.2, -0.15) is 0 Å². The lowest BCUT2D eigenvalue weighted by atomic mass is 9.88. The molecule has 26 heavy (non-hydrogen) atoms. The Morgan fingerprint density at radius 3 is 2.81 bits per heavy atom. The van der Waals surface area contributed by atoms with Crippen LogP contribution in [-0.4, -0.2) is 24.4 Å². The van der Waals surface area contributed by atoms with Crippen molar-refractivity contribution in [3.8, 4) is 0 Å². The second-order valence-corrected chi connectivity index (χ2v) is 7.56. The summed E-state index contributed by atoms with van der Waals surface area (Å²) in [6.45, 7) is 3.38. The molecule has 8 heteroatoms. The average Bonchev–Trinajstić information content (AvgIpc) is 3.15. The average molecular weight is 376 g/mol. The second-order valence-electron chi connectivity index (χ2n) is 6.45. The van der Waals surface area contributed by atoms with Crippen molar-refractivity contribution < 1.29 is 23.5 Å². The molecular weight excluding hydrogens is 356 g/mol. The molecule has 2 heterocycles. The second kappa shape index (κ2) is 7.33. The van der Waals surface area contributed by atoms with Crippen molar-refractivity contribution in [1.82, 2.24) is 0 Å². The van der Waals surface area contributed by atoms with Gasteiger partial charge in [0.1, 0.15) is 10.8 Å². The van der Waals surface area contributed by atoms with Gasteiger partial charge in [0.05, 0.1) is 5.56 Å². The number of nitrogens with one attached hydrogen (secondary N) is 1. The highest BCUT2D eigenvalue weighted by atomic mass is 32.1. The zero-order valence-corrected chi connectivity index (χ0v) is 15.4. The van der Waals surface area contributed by atoms with Crippen LogP contribution in [0, 0.1) is 12.8 Å². The van der Waals surface area contributed by atoms with Crippen LogP contribution in [0.4, 0.5) is 5.00 Å². The summed E-state index contributed by atoms with van der Waals surface area (Å²) in [6.07, 6.45) is 2.62. The molecule has 0 bridgehead atoms. The zero-order valence-electron chi connectivity index (χ0n) is 14.6. The fourth-order valence-corrected chi connectivity index (χ4v) is 4.44. The summed E-state index contributed by atoms with van der Waals surface area (Å²) < 4.78 is 10.1. The summed E-state index contributed by atoms with van der Waals surface area (Å²) in [7, 11) is 0. The van der Waals surface area contributed by atoms with Gasteiger partial charge in [-0.25, -0.2) is 4.79 Å². The number of primary amides is 1. The van der Waals surface area contributed by atoms with E-state index in [-0.39, 0.29) is 5.76 Å². The minimum atomic E-state index is -0.720. The number of carbonyl (C=O) groups excluding carboxylic acids is 3. The standard InChI is InChI=1S/C18H20N2O5S/c1-9-3-5-11-13(7-9)26-17(15(11)16(19)22)20-14(21)8-24-18(23)12-6-4-10(2)25-12/h4,6,9H,3,5,7-8H2,1-2H3,(H2,19,22)(H,20,21)/t9-/m0/s1. The van der Waals surface area contributed by atoms with Crippen LogP contribution in [0.2, 0.25) is 0 Å². The molecule has 138 valence electrons. The van der Waals surface area contributed by atoms with Crippen LogP contribution in [0.1, 0.15) is 50.5 Å². The summed E-state index contributed by atoms with van der Waals surface area (Å²) in [5, 5.41) is 3.07. The lowest BCUT2D eigenvalue weighted by molar-refractivity contribution is -0.119. The first-order valence-electron chi connectivity index (χ1n) is 8.33. The lowest BCUT2D eigenvalue weighted by Gasteiger charge is -2.18. The molecule has 0 radical (unpaired) electrons. The third kappa shape index (κ3) is 3.80. The molecule has 0 aromatic carbocycles. The van der Waals surface area contributed by atoms with E-state index in [1.165, 1.54) is 17.4 Å². The predicted octanol–water partition coefficient (Wildman–Crippen LogP) is 2.67. The van der Waals surface area contributed by atoms with Crippen LogP contribution in [0.3, 0.4) is 0 Å². The molecule has 7 nitrogen and oxygen atoms in total. The van der Waals surface area contributed by atoms with Crippen LogP contribution >= 0.6 is 11.3 Å². The highest BCUT2D eigenvalue weighted by molar-refractivity contribution is 7.17. The Kier molecular flexibility index (Phi) is 5.13. The quantitative estimate of drug-likeness (QED) is 0.779. The summed E-state index contributed by atoms with van der Waals surface area (Å²) in [5.41, 5.74) is 6.82. The Bertz CT molecular complexity index is 867. The molecule has 0 aliphatic heterocycles. The molecule has 0 saturated carbocycles. The Labute approximate surface area is 154 Å². The van der Waals surface area contributed by atoms with Crippen molar-refractivity contribution in [2.75, 3.05) is 11.9 Å². The molecule has 3 N–H and O–H groups in total. The zero-order chi connectivity index (χ0) is 18.8. The van der Waals surface area contributed by atoms with E-state index in [1.54, 1.807) is 13.0 Å². The Morgan fingerprint density at radius 1 is 1.38 bits per heavy atom. The number of hydrogen-bond donors (Lipinski definition) is 2. The molecule has 1 aliphatic rings. The molecule has 1 aliphatic carbocycles. The largest absolute Gasteiger partial charge is 0.454 e. The number of hydrogen-bond acceptors (Lipinski definition) is 6. The van der Waals surface area contributed by atoms with Gasteiger partial charge in [0.2, 0.25) is 5.76 Å². The first-order valence-corrected chi connectivity index (χ1v) is 9.14. The molecular formula is C18H20N2O5S. The van der Waals surface area contributed by atoms with Gasteiger partial charge in [-0.3, -0.25) is 9.59 Å². The fourth-order valence-electron chi connectivity index (χ4n) is 3.01. The number of rotatable bonds is 5. The topological polar surface area (TPSA) is 112 Å². The maximum absolute atomic E-state index is 12.1. The van der Waals surface area contributed by atoms with Crippen LogP contribution < -0.4 is 11.1 Å². The first-order chi connectivity index (χ1) is 12.3. The van der Waals surface area contributed by atoms with Gasteiger partial charge in [0.15, 0.2) is 6.61 Å². The van der Waals surface area contributed by atoms with Gasteiger partial charge in [0, 0.05) is 4.88 Å². The Balaban J connectivity index is 1.67. The Morgan fingerprint density at radius 2 is 2.15 bits per heavy atom. The summed E-state index contributed by atoms with van der Waals surface area (Å²) in [5.74, 6) is -0.670. The van der Waals surface area contributed by atoms with E-state index in [0.717, 1.165) is 29.7 Å². The van der Waals surface area contributed by atoms with E-state index < -0.39 is 24.4 Å². The van der Waals surface area contributed by atoms with Crippen LogP contribution in [0.15, 0.2) is 16.5 Å². The number of ether oxygens (including phenoxy) is 1. The molecule has 2 aromatic rings. The number of aryl methyl sites for hydroxylation is 1. The van der Waals surface area contributed by atoms with Gasteiger partial charge in [-0.15, -0.1) is 11.3 Å². The number of anilines is 1. The number of nitrogens with two attached hydrogens (primary N) is 1. The SMILES string of the molecule is Cc1ccc(C(=O)OCC(=O)Nc2sc3c(c2C(N)=O)CC[C@H](C)C3)o1. The van der Waals surface area contributed by atoms with E-state index in [9.17, 15) is 14.4 Å². The van der Waals surface area contributed by atoms with Gasteiger partial charge in [-0.1, -0.05) is 6.92 Å². The third-order valence-electron chi connectivity index (χ3n) is 4.29. The van der Waals surface area contributed by atoms with Crippen molar-refractivity contribution in [3.05, 3.63) is 39.7 Å². The van der Waals surface area contributed by atoms with E-state index in [1.807, 2.05) is 0 Å². The van der Waals surface area contributed by atoms with Crippen molar-refractivity contribution >= 4 is 34.1 Å². The van der Waals surface area contributed by atoms with E-state index in [0.29, 0.717) is 22.2 Å². The van der Waals surface area contributed by atoms with Gasteiger partial charge in [0.25, 0.3) is 11.8 Å². The maximum Gasteiger partial charge on any atom is 0.374 e. The highest BCUT2D eigenvalue weighted by Gasteiger charge is 2.27. The number of furan rings is 1. The van der Waals surface area contributed by atoms with Gasteiger partial charge in [-0.05, 0) is 49.8 Å². The van der Waals surface area contributed by atoms with Crippen molar-refractivity contribution in [1.29, 1.82) is 0 Å². The fraction of sp³-hybridized carbons (Fsp3) is 0.389. The summed E-state index contributed by atoms with van der Waals surface area (Å²) >= 11 is 1.36. The molecule has 0 spiro atoms. The number of amides is 2. The van der Waals surface area contributed by atoms with E-state index in [4.69, 9.17) is 14.9 Å². The minimum absolute atomic E-state index is 0.0358. The minimum Gasteiger partial charge on any atom is -0.454 e.